The first kappa shape index (κ1) is 15.8. The van der Waals surface area contributed by atoms with E-state index in [0.29, 0.717) is 22.2 Å². The number of rotatable bonds is 3. The summed E-state index contributed by atoms with van der Waals surface area (Å²) < 4.78 is 0. The van der Waals surface area contributed by atoms with E-state index in [0.717, 1.165) is 5.56 Å². The number of hydrogen-bond acceptors (Lipinski definition) is 2. The molecule has 21 heavy (non-hydrogen) atoms. The Labute approximate surface area is 138 Å². The van der Waals surface area contributed by atoms with Gasteiger partial charge in [0.05, 0.1) is 10.0 Å². The molecule has 2 aromatic carbocycles. The number of carbonyl (C=O) groups is 1. The third-order valence-electron chi connectivity index (χ3n) is 2.70. The number of nitrogens with one attached hydrogen (secondary N) is 2. The van der Waals surface area contributed by atoms with Crippen LogP contribution in [0.15, 0.2) is 48.5 Å². The summed E-state index contributed by atoms with van der Waals surface area (Å²) >= 11 is 16.8. The molecule has 2 N–H and O–H groups in total. The molecule has 0 spiro atoms. The van der Waals surface area contributed by atoms with Crippen molar-refractivity contribution in [2.75, 3.05) is 0 Å². The Hall–Kier alpha value is -1.62. The standard InChI is InChI=1S/C15H12Cl2N2OS/c16-12-7-6-11(8-13(12)17)14(20)19-15(21)18-9-10-4-2-1-3-5-10/h1-8H,9H2,(H2,18,19,20,21). The summed E-state index contributed by atoms with van der Waals surface area (Å²) in [6.07, 6.45) is 0. The Morgan fingerprint density at radius 1 is 1.05 bits per heavy atom. The summed E-state index contributed by atoms with van der Waals surface area (Å²) in [6, 6.07) is 14.4. The first-order valence-electron chi connectivity index (χ1n) is 6.14. The highest BCUT2D eigenvalue weighted by molar-refractivity contribution is 7.80. The predicted octanol–water partition coefficient (Wildman–Crippen LogP) is 3.80. The Morgan fingerprint density at radius 3 is 2.43 bits per heavy atom. The molecule has 0 aliphatic carbocycles. The van der Waals surface area contributed by atoms with Gasteiger partial charge in [-0.1, -0.05) is 53.5 Å². The van der Waals surface area contributed by atoms with Crippen LogP contribution in [0, 0.1) is 0 Å². The van der Waals surface area contributed by atoms with E-state index in [1.54, 1.807) is 12.1 Å². The molecule has 2 rings (SSSR count). The van der Waals surface area contributed by atoms with E-state index in [9.17, 15) is 4.79 Å². The lowest BCUT2D eigenvalue weighted by atomic mass is 10.2. The average Bonchev–Trinajstić information content (AvgIpc) is 2.49. The monoisotopic (exact) mass is 338 g/mol. The zero-order chi connectivity index (χ0) is 15.2. The molecule has 0 saturated heterocycles. The van der Waals surface area contributed by atoms with Crippen LogP contribution in [0.3, 0.4) is 0 Å². The Morgan fingerprint density at radius 2 is 1.76 bits per heavy atom. The van der Waals surface area contributed by atoms with Crippen LogP contribution < -0.4 is 10.6 Å². The molecule has 0 saturated carbocycles. The molecule has 1 amide bonds. The second-order valence-electron chi connectivity index (χ2n) is 4.25. The van der Waals surface area contributed by atoms with E-state index in [4.69, 9.17) is 35.4 Å². The molecule has 0 fully saturated rings. The molecule has 6 heteroatoms. The number of carbonyl (C=O) groups excluding carboxylic acids is 1. The van der Waals surface area contributed by atoms with Crippen molar-refractivity contribution in [3.05, 3.63) is 69.7 Å². The third-order valence-corrected chi connectivity index (χ3v) is 3.69. The van der Waals surface area contributed by atoms with Crippen LogP contribution in [-0.2, 0) is 6.54 Å². The molecular weight excluding hydrogens is 327 g/mol. The molecular formula is C15H12Cl2N2OS. The lowest BCUT2D eigenvalue weighted by Crippen LogP contribution is -2.38. The molecule has 0 unspecified atom stereocenters. The van der Waals surface area contributed by atoms with Crippen LogP contribution in [0.4, 0.5) is 0 Å². The number of hydrogen-bond donors (Lipinski definition) is 2. The van der Waals surface area contributed by atoms with Gasteiger partial charge in [0.1, 0.15) is 0 Å². The molecule has 0 heterocycles. The van der Waals surface area contributed by atoms with Gasteiger partial charge >= 0.3 is 0 Å². The highest BCUT2D eigenvalue weighted by atomic mass is 35.5. The number of benzene rings is 2. The molecule has 0 radical (unpaired) electrons. The minimum atomic E-state index is -0.334. The van der Waals surface area contributed by atoms with E-state index in [2.05, 4.69) is 10.6 Å². The van der Waals surface area contributed by atoms with Gasteiger partial charge in [-0.05, 0) is 36.0 Å². The van der Waals surface area contributed by atoms with Gasteiger partial charge in [0.15, 0.2) is 5.11 Å². The number of thiocarbonyl (C=S) groups is 1. The normalized spacial score (nSPS) is 10.0. The maximum absolute atomic E-state index is 12.0. The smallest absolute Gasteiger partial charge is 0.257 e. The second-order valence-corrected chi connectivity index (χ2v) is 5.47. The average molecular weight is 339 g/mol. The molecule has 108 valence electrons. The van der Waals surface area contributed by atoms with Crippen LogP contribution in [-0.4, -0.2) is 11.0 Å². The van der Waals surface area contributed by atoms with Gasteiger partial charge in [-0.2, -0.15) is 0 Å². The highest BCUT2D eigenvalue weighted by Gasteiger charge is 2.09. The molecule has 0 aliphatic rings. The van der Waals surface area contributed by atoms with Crippen LogP contribution in [0.2, 0.25) is 10.0 Å². The SMILES string of the molecule is O=C(NC(=S)NCc1ccccc1)c1ccc(Cl)c(Cl)c1. The summed E-state index contributed by atoms with van der Waals surface area (Å²) in [5, 5.41) is 6.55. The van der Waals surface area contributed by atoms with Gasteiger partial charge in [-0.15, -0.1) is 0 Å². The van der Waals surface area contributed by atoms with Crippen LogP contribution in [0.5, 0.6) is 0 Å². The van der Waals surface area contributed by atoms with E-state index < -0.39 is 0 Å². The zero-order valence-electron chi connectivity index (χ0n) is 10.9. The van der Waals surface area contributed by atoms with Gasteiger partial charge in [0.25, 0.3) is 5.91 Å². The van der Waals surface area contributed by atoms with Gasteiger partial charge in [0.2, 0.25) is 0 Å². The lowest BCUT2D eigenvalue weighted by Gasteiger charge is -2.10. The lowest BCUT2D eigenvalue weighted by molar-refractivity contribution is 0.0976. The van der Waals surface area contributed by atoms with Crippen LogP contribution in [0.1, 0.15) is 15.9 Å². The van der Waals surface area contributed by atoms with Crippen molar-refractivity contribution >= 4 is 46.4 Å². The first-order valence-corrected chi connectivity index (χ1v) is 7.31. The van der Waals surface area contributed by atoms with Crippen molar-refractivity contribution in [2.24, 2.45) is 0 Å². The van der Waals surface area contributed by atoms with Gasteiger partial charge in [0, 0.05) is 12.1 Å². The van der Waals surface area contributed by atoms with Gasteiger partial charge in [-0.25, -0.2) is 0 Å². The minimum Gasteiger partial charge on any atom is -0.358 e. The summed E-state index contributed by atoms with van der Waals surface area (Å²) in [5.41, 5.74) is 1.47. The Bertz CT molecular complexity index is 662. The van der Waals surface area contributed by atoms with Crippen LogP contribution in [0.25, 0.3) is 0 Å². The Balaban J connectivity index is 1.90. The van der Waals surface area contributed by atoms with Gasteiger partial charge < -0.3 is 5.32 Å². The summed E-state index contributed by atoms with van der Waals surface area (Å²) in [4.78, 5) is 12.0. The molecule has 0 aromatic heterocycles. The van der Waals surface area contributed by atoms with Crippen molar-refractivity contribution in [1.82, 2.24) is 10.6 Å². The third kappa shape index (κ3) is 4.70. The summed E-state index contributed by atoms with van der Waals surface area (Å²) in [6.45, 7) is 0.543. The van der Waals surface area contributed by atoms with Crippen molar-refractivity contribution in [3.63, 3.8) is 0 Å². The number of amides is 1. The zero-order valence-corrected chi connectivity index (χ0v) is 13.2. The van der Waals surface area contributed by atoms with E-state index in [1.165, 1.54) is 6.07 Å². The topological polar surface area (TPSA) is 41.1 Å². The largest absolute Gasteiger partial charge is 0.358 e. The first-order chi connectivity index (χ1) is 10.1. The van der Waals surface area contributed by atoms with Crippen molar-refractivity contribution in [1.29, 1.82) is 0 Å². The number of halogens is 2. The van der Waals surface area contributed by atoms with E-state index in [1.807, 2.05) is 30.3 Å². The molecule has 0 atom stereocenters. The summed E-state index contributed by atoms with van der Waals surface area (Å²) in [5.74, 6) is -0.334. The predicted molar refractivity (Wildman–Crippen MR) is 89.8 cm³/mol. The maximum atomic E-state index is 12.0. The van der Waals surface area contributed by atoms with E-state index in [-0.39, 0.29) is 11.0 Å². The highest BCUT2D eigenvalue weighted by Crippen LogP contribution is 2.22. The van der Waals surface area contributed by atoms with Crippen molar-refractivity contribution in [3.8, 4) is 0 Å². The quantitative estimate of drug-likeness (QED) is 0.836. The fourth-order valence-corrected chi connectivity index (χ4v) is 2.10. The van der Waals surface area contributed by atoms with Crippen molar-refractivity contribution in [2.45, 2.75) is 6.54 Å². The summed E-state index contributed by atoms with van der Waals surface area (Å²) in [7, 11) is 0. The van der Waals surface area contributed by atoms with Crippen LogP contribution >= 0.6 is 35.4 Å². The van der Waals surface area contributed by atoms with Crippen molar-refractivity contribution < 1.29 is 4.79 Å². The minimum absolute atomic E-state index is 0.259. The van der Waals surface area contributed by atoms with Gasteiger partial charge in [-0.3, -0.25) is 10.1 Å². The molecule has 2 aromatic rings. The second kappa shape index (κ2) is 7.41. The molecule has 3 nitrogen and oxygen atoms in total. The molecule has 0 bridgehead atoms. The fraction of sp³-hybridized carbons (Fsp3) is 0.0667. The fourth-order valence-electron chi connectivity index (χ4n) is 1.64. The Kier molecular flexibility index (Phi) is 5.56. The van der Waals surface area contributed by atoms with E-state index >= 15 is 0 Å². The maximum Gasteiger partial charge on any atom is 0.257 e. The molecule has 0 aliphatic heterocycles.